The zero-order chi connectivity index (χ0) is 14.7. The van der Waals surface area contributed by atoms with Crippen LogP contribution in [0.25, 0.3) is 0 Å². The van der Waals surface area contributed by atoms with Crippen molar-refractivity contribution in [2.24, 2.45) is 0 Å². The maximum absolute atomic E-state index is 12.7. The summed E-state index contributed by atoms with van der Waals surface area (Å²) in [7, 11) is 0. The Kier molecular flexibility index (Phi) is 3.65. The first-order valence-corrected chi connectivity index (χ1v) is 6.89. The van der Waals surface area contributed by atoms with Crippen molar-refractivity contribution in [1.82, 2.24) is 4.90 Å². The number of benzene rings is 2. The van der Waals surface area contributed by atoms with Gasteiger partial charge < -0.3 is 4.90 Å². The van der Waals surface area contributed by atoms with Crippen molar-refractivity contribution in [1.29, 1.82) is 0 Å². The lowest BCUT2D eigenvalue weighted by molar-refractivity contribution is -0.116. The van der Waals surface area contributed by atoms with Gasteiger partial charge in [0.05, 0.1) is 6.04 Å². The molecule has 0 fully saturated rings. The molecule has 0 N–H and O–H groups in total. The van der Waals surface area contributed by atoms with Crippen LogP contribution in [0.1, 0.15) is 28.4 Å². The summed E-state index contributed by atoms with van der Waals surface area (Å²) in [5, 5.41) is 0. The standard InChI is InChI=1S/C18H15NO2/c20-16-11-12-19(18(21)15-9-5-2-6-10-15)17(13-16)14-7-3-1-4-8-14/h1-12,17H,13H2/t17-/m1/s1. The molecule has 1 heterocycles. The Morgan fingerprint density at radius 2 is 1.57 bits per heavy atom. The smallest absolute Gasteiger partial charge is 0.258 e. The maximum Gasteiger partial charge on any atom is 0.258 e. The number of ketones is 1. The van der Waals surface area contributed by atoms with Gasteiger partial charge in [-0.05, 0) is 23.8 Å². The van der Waals surface area contributed by atoms with Crippen molar-refractivity contribution >= 4 is 11.7 Å². The molecule has 0 aromatic heterocycles. The summed E-state index contributed by atoms with van der Waals surface area (Å²) in [6.45, 7) is 0. The van der Waals surface area contributed by atoms with Crippen molar-refractivity contribution in [3.63, 3.8) is 0 Å². The Labute approximate surface area is 123 Å². The molecule has 3 heteroatoms. The third-order valence-electron chi connectivity index (χ3n) is 3.59. The number of rotatable bonds is 2. The van der Waals surface area contributed by atoms with E-state index < -0.39 is 0 Å². The molecule has 2 aromatic carbocycles. The van der Waals surface area contributed by atoms with E-state index in [-0.39, 0.29) is 17.7 Å². The van der Waals surface area contributed by atoms with Crippen molar-refractivity contribution in [3.8, 4) is 0 Å². The summed E-state index contributed by atoms with van der Waals surface area (Å²) in [4.78, 5) is 26.0. The Hall–Kier alpha value is -2.68. The minimum Gasteiger partial charge on any atom is -0.307 e. The molecular weight excluding hydrogens is 262 g/mol. The molecule has 1 atom stereocenters. The third-order valence-corrected chi connectivity index (χ3v) is 3.59. The van der Waals surface area contributed by atoms with E-state index >= 15 is 0 Å². The Balaban J connectivity index is 1.96. The molecule has 0 aliphatic carbocycles. The molecule has 0 unspecified atom stereocenters. The topological polar surface area (TPSA) is 37.4 Å². The Bertz CT molecular complexity index is 677. The number of hydrogen-bond acceptors (Lipinski definition) is 2. The lowest BCUT2D eigenvalue weighted by Gasteiger charge is -2.31. The first-order valence-electron chi connectivity index (χ1n) is 6.89. The van der Waals surface area contributed by atoms with Crippen LogP contribution in [0.5, 0.6) is 0 Å². The number of carbonyl (C=O) groups is 2. The summed E-state index contributed by atoms with van der Waals surface area (Å²) in [6.07, 6.45) is 3.39. The molecule has 0 radical (unpaired) electrons. The average molecular weight is 277 g/mol. The second-order valence-corrected chi connectivity index (χ2v) is 4.99. The summed E-state index contributed by atoms with van der Waals surface area (Å²) in [6, 6.07) is 18.5. The highest BCUT2D eigenvalue weighted by atomic mass is 16.2. The first-order chi connectivity index (χ1) is 10.3. The SMILES string of the molecule is O=C1C=CN(C(=O)c2ccccc2)[C@@H](c2ccccc2)C1. The van der Waals surface area contributed by atoms with Gasteiger partial charge in [0.2, 0.25) is 0 Å². The number of carbonyl (C=O) groups excluding carboxylic acids is 2. The van der Waals surface area contributed by atoms with E-state index in [0.717, 1.165) is 5.56 Å². The van der Waals surface area contributed by atoms with Gasteiger partial charge in [0.1, 0.15) is 0 Å². The molecule has 1 aliphatic rings. The van der Waals surface area contributed by atoms with E-state index in [1.54, 1.807) is 23.2 Å². The predicted octanol–water partition coefficient (Wildman–Crippen LogP) is 3.36. The lowest BCUT2D eigenvalue weighted by atomic mass is 9.96. The minimum atomic E-state index is -0.239. The molecule has 0 bridgehead atoms. The summed E-state index contributed by atoms with van der Waals surface area (Å²) >= 11 is 0. The molecular formula is C18H15NO2. The zero-order valence-electron chi connectivity index (χ0n) is 11.5. The number of allylic oxidation sites excluding steroid dienone is 1. The fourth-order valence-corrected chi connectivity index (χ4v) is 2.52. The highest BCUT2D eigenvalue weighted by molar-refractivity contribution is 5.98. The third kappa shape index (κ3) is 2.77. The van der Waals surface area contributed by atoms with Crippen LogP contribution in [0.2, 0.25) is 0 Å². The molecule has 3 rings (SSSR count). The van der Waals surface area contributed by atoms with Crippen molar-refractivity contribution in [2.75, 3.05) is 0 Å². The van der Waals surface area contributed by atoms with Gasteiger partial charge in [0.25, 0.3) is 5.91 Å². The fourth-order valence-electron chi connectivity index (χ4n) is 2.52. The maximum atomic E-state index is 12.7. The monoisotopic (exact) mass is 277 g/mol. The molecule has 1 amide bonds. The van der Waals surface area contributed by atoms with Gasteiger partial charge in [-0.15, -0.1) is 0 Å². The van der Waals surface area contributed by atoms with Crippen LogP contribution >= 0.6 is 0 Å². The Morgan fingerprint density at radius 3 is 2.24 bits per heavy atom. The van der Waals surface area contributed by atoms with Gasteiger partial charge in [-0.3, -0.25) is 9.59 Å². The van der Waals surface area contributed by atoms with Gasteiger partial charge in [-0.1, -0.05) is 48.5 Å². The molecule has 104 valence electrons. The Morgan fingerprint density at radius 1 is 0.952 bits per heavy atom. The van der Waals surface area contributed by atoms with E-state index in [0.29, 0.717) is 12.0 Å². The van der Waals surface area contributed by atoms with Crippen molar-refractivity contribution < 1.29 is 9.59 Å². The van der Waals surface area contributed by atoms with E-state index in [1.807, 2.05) is 48.5 Å². The zero-order valence-corrected chi connectivity index (χ0v) is 11.5. The molecule has 3 nitrogen and oxygen atoms in total. The second kappa shape index (κ2) is 5.75. The normalized spacial score (nSPS) is 17.8. The summed E-state index contributed by atoms with van der Waals surface area (Å²) < 4.78 is 0. The van der Waals surface area contributed by atoms with Crippen LogP contribution in [0.3, 0.4) is 0 Å². The van der Waals surface area contributed by atoms with Crippen LogP contribution in [0, 0.1) is 0 Å². The van der Waals surface area contributed by atoms with Crippen LogP contribution in [0.4, 0.5) is 0 Å². The predicted molar refractivity (Wildman–Crippen MR) is 80.6 cm³/mol. The number of amides is 1. The average Bonchev–Trinajstić information content (AvgIpc) is 2.56. The molecule has 0 saturated heterocycles. The molecule has 2 aromatic rings. The van der Waals surface area contributed by atoms with E-state index in [4.69, 9.17) is 0 Å². The fraction of sp³-hybridized carbons (Fsp3) is 0.111. The first kappa shape index (κ1) is 13.3. The van der Waals surface area contributed by atoms with E-state index in [9.17, 15) is 9.59 Å². The second-order valence-electron chi connectivity index (χ2n) is 4.99. The van der Waals surface area contributed by atoms with Gasteiger partial charge in [-0.2, -0.15) is 0 Å². The van der Waals surface area contributed by atoms with Crippen LogP contribution in [0.15, 0.2) is 72.9 Å². The lowest BCUT2D eigenvalue weighted by Crippen LogP contribution is -2.34. The van der Waals surface area contributed by atoms with Gasteiger partial charge in [0, 0.05) is 18.2 Å². The molecule has 0 saturated carbocycles. The summed E-state index contributed by atoms with van der Waals surface area (Å²) in [5.41, 5.74) is 1.59. The van der Waals surface area contributed by atoms with Gasteiger partial charge >= 0.3 is 0 Å². The van der Waals surface area contributed by atoms with Crippen LogP contribution in [-0.2, 0) is 4.79 Å². The van der Waals surface area contributed by atoms with Crippen LogP contribution in [-0.4, -0.2) is 16.6 Å². The highest BCUT2D eigenvalue weighted by Crippen LogP contribution is 2.29. The molecule has 21 heavy (non-hydrogen) atoms. The number of hydrogen-bond donors (Lipinski definition) is 0. The summed E-state index contributed by atoms with van der Waals surface area (Å²) in [5.74, 6) is -0.0471. The highest BCUT2D eigenvalue weighted by Gasteiger charge is 2.28. The van der Waals surface area contributed by atoms with Crippen LogP contribution < -0.4 is 0 Å². The van der Waals surface area contributed by atoms with E-state index in [2.05, 4.69) is 0 Å². The minimum absolute atomic E-state index is 0.0426. The van der Waals surface area contributed by atoms with E-state index in [1.165, 1.54) is 6.08 Å². The van der Waals surface area contributed by atoms with Crippen molar-refractivity contribution in [2.45, 2.75) is 12.5 Å². The quantitative estimate of drug-likeness (QED) is 0.844. The van der Waals surface area contributed by atoms with Gasteiger partial charge in [-0.25, -0.2) is 0 Å². The van der Waals surface area contributed by atoms with Gasteiger partial charge in [0.15, 0.2) is 5.78 Å². The largest absolute Gasteiger partial charge is 0.307 e. The number of nitrogens with zero attached hydrogens (tertiary/aromatic N) is 1. The van der Waals surface area contributed by atoms with Crippen molar-refractivity contribution in [3.05, 3.63) is 84.1 Å². The molecule has 1 aliphatic heterocycles. The molecule has 0 spiro atoms.